The monoisotopic (exact) mass is 271 g/mol. The van der Waals surface area contributed by atoms with Gasteiger partial charge in [-0.25, -0.2) is 4.98 Å². The second kappa shape index (κ2) is 4.80. The zero-order chi connectivity index (χ0) is 14.1. The van der Waals surface area contributed by atoms with Crippen LogP contribution in [-0.2, 0) is 4.79 Å². The van der Waals surface area contributed by atoms with E-state index in [1.807, 2.05) is 24.3 Å². The van der Waals surface area contributed by atoms with Crippen molar-refractivity contribution in [1.29, 1.82) is 0 Å². The fourth-order valence-electron chi connectivity index (χ4n) is 2.42. The van der Waals surface area contributed by atoms with Crippen LogP contribution in [0.4, 0.5) is 5.82 Å². The van der Waals surface area contributed by atoms with Crippen LogP contribution in [0.2, 0.25) is 0 Å². The Morgan fingerprint density at radius 2 is 2.00 bits per heavy atom. The number of hydrogen-bond donors (Lipinski definition) is 2. The van der Waals surface area contributed by atoms with E-state index in [0.717, 1.165) is 11.3 Å². The van der Waals surface area contributed by atoms with Gasteiger partial charge in [-0.1, -0.05) is 12.1 Å². The highest BCUT2D eigenvalue weighted by molar-refractivity contribution is 5.94. The lowest BCUT2D eigenvalue weighted by Crippen LogP contribution is -2.30. The average molecular weight is 271 g/mol. The molecule has 2 heterocycles. The number of benzene rings is 1. The second-order valence-electron chi connectivity index (χ2n) is 4.57. The Bertz CT molecular complexity index is 706. The summed E-state index contributed by atoms with van der Waals surface area (Å²) in [6, 6.07) is 7.34. The van der Waals surface area contributed by atoms with E-state index >= 15 is 0 Å². The van der Waals surface area contributed by atoms with Crippen LogP contribution in [-0.4, -0.2) is 23.0 Å². The van der Waals surface area contributed by atoms with Crippen LogP contribution in [0.15, 0.2) is 35.4 Å². The maximum absolute atomic E-state index is 12.0. The fraction of sp³-hybridized carbons (Fsp3) is 0.214. The molecule has 102 valence electrons. The van der Waals surface area contributed by atoms with Crippen LogP contribution in [0, 0.1) is 0 Å². The number of fused-ring (bicyclic) bond motifs is 1. The summed E-state index contributed by atoms with van der Waals surface area (Å²) in [6.45, 7) is 0. The average Bonchev–Trinajstić information content (AvgIpc) is 2.46. The highest BCUT2D eigenvalue weighted by Gasteiger charge is 2.29. The standard InChI is InChI=1S/C14H13N3O3/c1-20-9-4-2-8(3-5-9)10-6-11(18)17-13-12(10)14(19)16-7-15-13/h2-5,7,10H,6H2,1H3,(H2,15,16,17,18,19). The number of nitrogens with one attached hydrogen (secondary N) is 2. The summed E-state index contributed by atoms with van der Waals surface area (Å²) in [4.78, 5) is 30.3. The van der Waals surface area contributed by atoms with E-state index in [1.165, 1.54) is 6.33 Å². The first-order chi connectivity index (χ1) is 9.69. The molecule has 0 aliphatic carbocycles. The van der Waals surface area contributed by atoms with Crippen LogP contribution < -0.4 is 15.6 Å². The van der Waals surface area contributed by atoms with E-state index in [1.54, 1.807) is 7.11 Å². The Balaban J connectivity index is 2.10. The number of amides is 1. The Kier molecular flexibility index (Phi) is 2.98. The molecule has 6 heteroatoms. The third kappa shape index (κ3) is 2.05. The zero-order valence-electron chi connectivity index (χ0n) is 10.8. The number of carbonyl (C=O) groups excluding carboxylic acids is 1. The van der Waals surface area contributed by atoms with Crippen molar-refractivity contribution < 1.29 is 9.53 Å². The van der Waals surface area contributed by atoms with Crippen LogP contribution in [0.5, 0.6) is 5.75 Å². The molecule has 1 amide bonds. The maximum Gasteiger partial charge on any atom is 0.256 e. The molecule has 1 unspecified atom stereocenters. The Morgan fingerprint density at radius 3 is 2.70 bits per heavy atom. The number of ether oxygens (including phenoxy) is 1. The molecule has 2 aromatic rings. The normalized spacial score (nSPS) is 17.2. The number of hydrogen-bond acceptors (Lipinski definition) is 4. The first kappa shape index (κ1) is 12.4. The van der Waals surface area contributed by atoms with Gasteiger partial charge in [0, 0.05) is 12.3 Å². The van der Waals surface area contributed by atoms with Gasteiger partial charge in [-0.05, 0) is 17.7 Å². The summed E-state index contributed by atoms with van der Waals surface area (Å²) < 4.78 is 5.11. The number of methoxy groups -OCH3 is 1. The van der Waals surface area contributed by atoms with E-state index < -0.39 is 0 Å². The first-order valence-electron chi connectivity index (χ1n) is 6.20. The summed E-state index contributed by atoms with van der Waals surface area (Å²) in [5.74, 6) is 0.638. The lowest BCUT2D eigenvalue weighted by atomic mass is 9.87. The van der Waals surface area contributed by atoms with Crippen LogP contribution in [0.1, 0.15) is 23.5 Å². The van der Waals surface area contributed by atoms with Gasteiger partial charge in [0.05, 0.1) is 19.0 Å². The molecule has 0 saturated carbocycles. The number of aromatic amines is 1. The van der Waals surface area contributed by atoms with Crippen LogP contribution in [0.3, 0.4) is 0 Å². The molecule has 1 atom stereocenters. The lowest BCUT2D eigenvalue weighted by Gasteiger charge is -2.23. The molecule has 0 radical (unpaired) electrons. The second-order valence-corrected chi connectivity index (χ2v) is 4.57. The molecule has 0 saturated heterocycles. The number of aromatic nitrogens is 2. The summed E-state index contributed by atoms with van der Waals surface area (Å²) >= 11 is 0. The molecular weight excluding hydrogens is 258 g/mol. The smallest absolute Gasteiger partial charge is 0.256 e. The molecule has 3 rings (SSSR count). The van der Waals surface area contributed by atoms with Crippen molar-refractivity contribution in [3.63, 3.8) is 0 Å². The van der Waals surface area contributed by atoms with Crippen LogP contribution >= 0.6 is 0 Å². The Morgan fingerprint density at radius 1 is 1.25 bits per heavy atom. The Hall–Kier alpha value is -2.63. The number of nitrogens with zero attached hydrogens (tertiary/aromatic N) is 1. The van der Waals surface area contributed by atoms with Crippen molar-refractivity contribution in [1.82, 2.24) is 9.97 Å². The lowest BCUT2D eigenvalue weighted by molar-refractivity contribution is -0.116. The van der Waals surface area contributed by atoms with E-state index in [9.17, 15) is 9.59 Å². The number of anilines is 1. The Labute approximate surface area is 114 Å². The summed E-state index contributed by atoms with van der Waals surface area (Å²) in [5, 5.41) is 2.63. The van der Waals surface area contributed by atoms with Gasteiger partial charge in [0.2, 0.25) is 5.91 Å². The topological polar surface area (TPSA) is 84.1 Å². The van der Waals surface area contributed by atoms with Gasteiger partial charge in [0.1, 0.15) is 11.6 Å². The maximum atomic E-state index is 12.0. The summed E-state index contributed by atoms with van der Waals surface area (Å²) in [7, 11) is 1.59. The molecule has 0 fully saturated rings. The molecule has 1 aromatic heterocycles. The quantitative estimate of drug-likeness (QED) is 0.861. The van der Waals surface area contributed by atoms with Crippen LogP contribution in [0.25, 0.3) is 0 Å². The predicted molar refractivity (Wildman–Crippen MR) is 72.9 cm³/mol. The van der Waals surface area contributed by atoms with Crippen molar-refractivity contribution in [2.75, 3.05) is 12.4 Å². The molecule has 0 bridgehead atoms. The molecule has 1 aliphatic heterocycles. The molecule has 1 aliphatic rings. The van der Waals surface area contributed by atoms with Crippen molar-refractivity contribution in [2.24, 2.45) is 0 Å². The van der Waals surface area contributed by atoms with E-state index in [0.29, 0.717) is 11.4 Å². The predicted octanol–water partition coefficient (Wildman–Crippen LogP) is 1.25. The minimum Gasteiger partial charge on any atom is -0.497 e. The summed E-state index contributed by atoms with van der Waals surface area (Å²) in [6.07, 6.45) is 1.52. The third-order valence-electron chi connectivity index (χ3n) is 3.40. The number of carbonyl (C=O) groups is 1. The van der Waals surface area contributed by atoms with Gasteiger partial charge in [0.15, 0.2) is 0 Å². The molecule has 20 heavy (non-hydrogen) atoms. The first-order valence-corrected chi connectivity index (χ1v) is 6.20. The minimum atomic E-state index is -0.290. The van der Waals surface area contributed by atoms with Gasteiger partial charge in [0.25, 0.3) is 5.56 Å². The number of H-pyrrole nitrogens is 1. The SMILES string of the molecule is COc1ccc(C2CC(=O)Nc3nc[nH]c(=O)c32)cc1. The van der Waals surface area contributed by atoms with Gasteiger partial charge in [-0.2, -0.15) is 0 Å². The van der Waals surface area contributed by atoms with Crippen molar-refractivity contribution in [3.05, 3.63) is 52.1 Å². The zero-order valence-corrected chi connectivity index (χ0v) is 10.8. The fourth-order valence-corrected chi connectivity index (χ4v) is 2.42. The minimum absolute atomic E-state index is 0.142. The third-order valence-corrected chi connectivity index (χ3v) is 3.40. The van der Waals surface area contributed by atoms with Crippen molar-refractivity contribution >= 4 is 11.7 Å². The molecule has 0 spiro atoms. The van der Waals surface area contributed by atoms with Gasteiger partial charge in [-0.3, -0.25) is 9.59 Å². The van der Waals surface area contributed by atoms with Gasteiger partial charge in [-0.15, -0.1) is 0 Å². The molecule has 6 nitrogen and oxygen atoms in total. The van der Waals surface area contributed by atoms with Gasteiger partial charge < -0.3 is 15.0 Å². The largest absolute Gasteiger partial charge is 0.497 e. The highest BCUT2D eigenvalue weighted by Crippen LogP contribution is 2.33. The summed E-state index contributed by atoms with van der Waals surface area (Å²) in [5.41, 5.74) is 1.16. The van der Waals surface area contributed by atoms with E-state index in [4.69, 9.17) is 4.74 Å². The van der Waals surface area contributed by atoms with Crippen molar-refractivity contribution in [3.8, 4) is 5.75 Å². The molecular formula is C14H13N3O3. The number of rotatable bonds is 2. The van der Waals surface area contributed by atoms with E-state index in [-0.39, 0.29) is 23.8 Å². The van der Waals surface area contributed by atoms with Gasteiger partial charge >= 0.3 is 0 Å². The van der Waals surface area contributed by atoms with Crippen molar-refractivity contribution in [2.45, 2.75) is 12.3 Å². The molecule has 1 aromatic carbocycles. The van der Waals surface area contributed by atoms with E-state index in [2.05, 4.69) is 15.3 Å². The highest BCUT2D eigenvalue weighted by atomic mass is 16.5. The molecule has 2 N–H and O–H groups in total.